The first-order chi connectivity index (χ1) is 18.7. The highest BCUT2D eigenvalue weighted by molar-refractivity contribution is 4.58. The van der Waals surface area contributed by atoms with Crippen molar-refractivity contribution in [3.05, 3.63) is 0 Å². The van der Waals surface area contributed by atoms with Crippen molar-refractivity contribution in [2.45, 2.75) is 144 Å². The molecule has 0 amide bonds. The lowest BCUT2D eigenvalue weighted by molar-refractivity contribution is -0.792. The molecular weight excluding hydrogens is 536 g/mol. The number of unbranched alkanes of at least 4 members (excludes halogenated alkanes) is 2. The van der Waals surface area contributed by atoms with Crippen molar-refractivity contribution in [2.24, 2.45) is 11.8 Å². The maximum atomic E-state index is 9.74. The summed E-state index contributed by atoms with van der Waals surface area (Å²) in [6.07, 6.45) is 1.17. The second-order valence-corrected chi connectivity index (χ2v) is 11.5. The van der Waals surface area contributed by atoms with Crippen LogP contribution >= 0.6 is 0 Å². The van der Waals surface area contributed by atoms with Crippen LogP contribution in [0.2, 0.25) is 0 Å². The van der Waals surface area contributed by atoms with E-state index in [9.17, 15) is 10.5 Å². The fourth-order valence-corrected chi connectivity index (χ4v) is 2.90. The van der Waals surface area contributed by atoms with Gasteiger partial charge in [-0.25, -0.2) is 20.3 Å². The van der Waals surface area contributed by atoms with Gasteiger partial charge in [0.05, 0.1) is 24.4 Å². The number of ether oxygens (including phenoxy) is 2. The highest BCUT2D eigenvalue weighted by Gasteiger charge is 2.50. The largest absolute Gasteiger partial charge is 0.495 e. The molecule has 0 radical (unpaired) electrons. The Bertz CT molecular complexity index is 559. The van der Waals surface area contributed by atoms with Gasteiger partial charge in [-0.3, -0.25) is 9.47 Å². The molecular formula is C26H54O14. The summed E-state index contributed by atoms with van der Waals surface area (Å²) in [4.78, 5) is 38.9. The molecule has 0 rings (SSSR count). The summed E-state index contributed by atoms with van der Waals surface area (Å²) in [7, 11) is 0. The highest BCUT2D eigenvalue weighted by Crippen LogP contribution is 2.29. The predicted octanol–water partition coefficient (Wildman–Crippen LogP) is 6.96. The van der Waals surface area contributed by atoms with E-state index in [0.29, 0.717) is 0 Å². The third kappa shape index (κ3) is 18.1. The molecule has 14 nitrogen and oxygen atoms in total. The highest BCUT2D eigenvalue weighted by atomic mass is 17.6. The third-order valence-corrected chi connectivity index (χ3v) is 5.39. The van der Waals surface area contributed by atoms with Crippen molar-refractivity contribution < 1.29 is 69.2 Å². The van der Waals surface area contributed by atoms with Crippen LogP contribution < -0.4 is 0 Å². The lowest BCUT2D eigenvalue weighted by atomic mass is 10.0. The van der Waals surface area contributed by atoms with Gasteiger partial charge >= 0.3 is 12.3 Å². The Labute approximate surface area is 238 Å². The number of rotatable bonds is 25. The zero-order chi connectivity index (χ0) is 30.7. The predicted molar refractivity (Wildman–Crippen MR) is 140 cm³/mol. The van der Waals surface area contributed by atoms with E-state index in [1.807, 2.05) is 13.8 Å². The zero-order valence-corrected chi connectivity index (χ0v) is 26.0. The molecule has 0 aliphatic heterocycles. The second-order valence-electron chi connectivity index (χ2n) is 11.5. The maximum absolute atomic E-state index is 9.74. The molecule has 0 heterocycles. The summed E-state index contributed by atoms with van der Waals surface area (Å²) in [6, 6.07) is 0. The van der Waals surface area contributed by atoms with Gasteiger partial charge in [-0.2, -0.15) is 0 Å². The second kappa shape index (κ2) is 20.4. The topological polar surface area (TPSA) is 151 Å². The Balaban J connectivity index is 5.87. The summed E-state index contributed by atoms with van der Waals surface area (Å²) in [6.45, 7) is 18.1. The fourth-order valence-electron chi connectivity index (χ4n) is 2.90. The molecule has 0 aromatic rings. The van der Waals surface area contributed by atoms with Gasteiger partial charge in [-0.15, -0.1) is 29.3 Å². The molecule has 0 spiro atoms. The standard InChI is InChI=1S/C26H54O14/c1-11-15-17-21(13-3)19-29-25(31-27,37-39-33-23(5,6)7)35-36-26(32-28,38-40-34-24(8,9)10)30-20-22(14-4)18-16-12-2/h21-22,27-28H,11-20H2,1-10H3. The van der Waals surface area contributed by atoms with Gasteiger partial charge in [0.25, 0.3) is 0 Å². The van der Waals surface area contributed by atoms with E-state index in [1.165, 1.54) is 0 Å². The molecule has 0 saturated heterocycles. The van der Waals surface area contributed by atoms with E-state index in [4.69, 9.17) is 48.9 Å². The minimum atomic E-state index is -2.90. The molecule has 0 fully saturated rings. The summed E-state index contributed by atoms with van der Waals surface area (Å²) < 4.78 is 11.2. The van der Waals surface area contributed by atoms with Crippen molar-refractivity contribution in [1.82, 2.24) is 0 Å². The van der Waals surface area contributed by atoms with Gasteiger partial charge in [0.2, 0.25) is 0 Å². The normalized spacial score (nSPS) is 17.4. The lowest BCUT2D eigenvalue weighted by Crippen LogP contribution is -2.49. The van der Waals surface area contributed by atoms with E-state index >= 15 is 0 Å². The number of hydrogen-bond acceptors (Lipinski definition) is 14. The van der Waals surface area contributed by atoms with Crippen molar-refractivity contribution in [3.63, 3.8) is 0 Å². The van der Waals surface area contributed by atoms with E-state index < -0.39 is 23.5 Å². The Morgan fingerprint density at radius 2 is 0.875 bits per heavy atom. The van der Waals surface area contributed by atoms with Gasteiger partial charge in [0.1, 0.15) is 0 Å². The van der Waals surface area contributed by atoms with E-state index in [1.54, 1.807) is 41.5 Å². The van der Waals surface area contributed by atoms with Gasteiger partial charge in [-0.1, -0.05) is 76.3 Å². The fraction of sp³-hybridized carbons (Fsp3) is 1.00. The molecule has 4 unspecified atom stereocenters. The Hall–Kier alpha value is -0.560. The monoisotopic (exact) mass is 590 g/mol. The Morgan fingerprint density at radius 3 is 1.12 bits per heavy atom. The van der Waals surface area contributed by atoms with Crippen LogP contribution in [0.15, 0.2) is 0 Å². The van der Waals surface area contributed by atoms with Gasteiger partial charge in [0.15, 0.2) is 0 Å². The molecule has 0 aliphatic carbocycles. The van der Waals surface area contributed by atoms with Crippen LogP contribution in [0.25, 0.3) is 0 Å². The van der Waals surface area contributed by atoms with Gasteiger partial charge in [-0.05, 0) is 66.2 Å². The molecule has 0 aromatic carbocycles. The average Bonchev–Trinajstić information content (AvgIpc) is 2.89. The molecule has 0 aliphatic rings. The molecule has 4 atom stereocenters. The minimum Gasteiger partial charge on any atom is -0.297 e. The van der Waals surface area contributed by atoms with Crippen molar-refractivity contribution >= 4 is 0 Å². The maximum Gasteiger partial charge on any atom is 0.495 e. The van der Waals surface area contributed by atoms with Crippen LogP contribution in [0.5, 0.6) is 0 Å². The van der Waals surface area contributed by atoms with E-state index in [0.717, 1.165) is 51.4 Å². The first kappa shape index (κ1) is 39.4. The molecule has 2 N–H and O–H groups in total. The van der Waals surface area contributed by atoms with Crippen LogP contribution in [0.1, 0.15) is 121 Å². The molecule has 14 heteroatoms. The van der Waals surface area contributed by atoms with E-state index in [2.05, 4.69) is 23.6 Å². The Kier molecular flexibility index (Phi) is 20.1. The summed E-state index contributed by atoms with van der Waals surface area (Å²) in [5.74, 6) is 0.0629. The molecule has 40 heavy (non-hydrogen) atoms. The first-order valence-electron chi connectivity index (χ1n) is 14.1. The molecule has 0 bridgehead atoms. The van der Waals surface area contributed by atoms with Gasteiger partial charge in [0, 0.05) is 0 Å². The van der Waals surface area contributed by atoms with Crippen molar-refractivity contribution in [3.8, 4) is 0 Å². The molecule has 242 valence electrons. The number of hydrogen-bond donors (Lipinski definition) is 2. The first-order valence-corrected chi connectivity index (χ1v) is 14.1. The van der Waals surface area contributed by atoms with Crippen LogP contribution in [-0.4, -0.2) is 47.2 Å². The smallest absolute Gasteiger partial charge is 0.297 e. The SMILES string of the molecule is CCCCC(CC)COC(OO)(OOOC(C)(C)C)OOC(OO)(OCC(CC)CCCC)OOOC(C)(C)C. The molecule has 0 saturated carbocycles. The minimum absolute atomic E-state index is 0.0213. The average molecular weight is 591 g/mol. The van der Waals surface area contributed by atoms with Crippen molar-refractivity contribution in [1.29, 1.82) is 0 Å². The third-order valence-electron chi connectivity index (χ3n) is 5.39. The summed E-state index contributed by atoms with van der Waals surface area (Å²) >= 11 is 0. The Morgan fingerprint density at radius 1 is 0.525 bits per heavy atom. The van der Waals surface area contributed by atoms with E-state index in [-0.39, 0.29) is 25.0 Å². The summed E-state index contributed by atoms with van der Waals surface area (Å²) in [5, 5.41) is 28.9. The quantitative estimate of drug-likeness (QED) is 0.0640. The summed E-state index contributed by atoms with van der Waals surface area (Å²) in [5.41, 5.74) is -1.66. The van der Waals surface area contributed by atoms with Crippen LogP contribution in [0.3, 0.4) is 0 Å². The zero-order valence-electron chi connectivity index (χ0n) is 26.0. The van der Waals surface area contributed by atoms with Crippen LogP contribution in [-0.2, 0) is 58.7 Å². The molecule has 0 aromatic heterocycles. The van der Waals surface area contributed by atoms with Crippen LogP contribution in [0.4, 0.5) is 0 Å². The van der Waals surface area contributed by atoms with Crippen molar-refractivity contribution in [2.75, 3.05) is 13.2 Å². The lowest BCUT2D eigenvalue weighted by Gasteiger charge is -2.32. The van der Waals surface area contributed by atoms with Gasteiger partial charge < -0.3 is 0 Å². The van der Waals surface area contributed by atoms with Crippen LogP contribution in [0, 0.1) is 11.8 Å².